The first-order valence-corrected chi connectivity index (χ1v) is 21.5. The van der Waals surface area contributed by atoms with Crippen LogP contribution in [0.25, 0.3) is 33.3 Å². The second kappa shape index (κ2) is 27.1. The van der Waals surface area contributed by atoms with Gasteiger partial charge in [0.05, 0.1) is 45.2 Å². The number of nitrogens with zero attached hydrogens (tertiary/aromatic N) is 14. The summed E-state index contributed by atoms with van der Waals surface area (Å²) in [5.41, 5.74) is 17.5. The summed E-state index contributed by atoms with van der Waals surface area (Å²) in [6.07, 6.45) is -4.57. The Balaban J connectivity index is 0.000000339. The number of hydrogen-bond donors (Lipinski definition) is 5. The third kappa shape index (κ3) is 16.6. The largest absolute Gasteiger partial charge is 1.00 e. The number of H-pyrrole nitrogens is 2. The van der Waals surface area contributed by atoms with Gasteiger partial charge in [-0.1, -0.05) is 34.8 Å². The Morgan fingerprint density at radius 1 is 0.726 bits per heavy atom. The van der Waals surface area contributed by atoms with E-state index in [2.05, 4.69) is 39.9 Å². The average Bonchev–Trinajstić information content (AvgIpc) is 3.95. The zero-order chi connectivity index (χ0) is 54.4. The first kappa shape index (κ1) is 61.2. The summed E-state index contributed by atoms with van der Waals surface area (Å²) in [5, 5.41) is 46.0. The number of aromatic amines is 2. The molecule has 0 fully saturated rings. The maximum absolute atomic E-state index is 13.4. The highest BCUT2D eigenvalue weighted by molar-refractivity contribution is 6.94. The Morgan fingerprint density at radius 3 is 1.60 bits per heavy atom. The van der Waals surface area contributed by atoms with Gasteiger partial charge in [-0.05, 0) is 31.2 Å². The van der Waals surface area contributed by atoms with Crippen LogP contribution in [0.3, 0.4) is 0 Å². The number of imidazole rings is 2. The third-order valence-electron chi connectivity index (χ3n) is 8.60. The van der Waals surface area contributed by atoms with Gasteiger partial charge < -0.3 is 54.1 Å². The van der Waals surface area contributed by atoms with Crippen LogP contribution >= 0.6 is 58.0 Å². The number of rotatable bonds is 6. The maximum Gasteiger partial charge on any atom is 0.419 e. The van der Waals surface area contributed by atoms with Crippen LogP contribution in [0.15, 0.2) is 42.5 Å². The van der Waals surface area contributed by atoms with E-state index in [0.29, 0.717) is 28.4 Å². The lowest BCUT2D eigenvalue weighted by atomic mass is 10.1. The van der Waals surface area contributed by atoms with Crippen LogP contribution in [0, 0.1) is 55.4 Å². The number of hydrogen-bond acceptors (Lipinski definition) is 18. The Labute approximate surface area is 444 Å². The zero-order valence-corrected chi connectivity index (χ0v) is 43.4. The lowest BCUT2D eigenvalue weighted by Crippen LogP contribution is -3.00. The number of pyridine rings is 4. The van der Waals surface area contributed by atoms with Crippen molar-refractivity contribution in [2.75, 3.05) is 75.9 Å². The summed E-state index contributed by atoms with van der Waals surface area (Å²) >= 11 is 27.2. The average molecular weight is 1130 g/mol. The number of nitro groups is 1. The molecule has 6 aromatic heterocycles. The van der Waals surface area contributed by atoms with Crippen LogP contribution in [0.4, 0.5) is 47.8 Å². The lowest BCUT2D eigenvalue weighted by Gasteiger charge is -2.14. The number of nitriles is 4. The van der Waals surface area contributed by atoms with E-state index in [1.807, 2.05) is 31.1 Å². The highest BCUT2D eigenvalue weighted by Gasteiger charge is 2.35. The van der Waals surface area contributed by atoms with Gasteiger partial charge >= 0.3 is 16.5 Å². The fraction of sp³-hybridized carbons (Fsp3) is 0.214. The lowest BCUT2D eigenvalue weighted by molar-refractivity contribution is -0.459. The van der Waals surface area contributed by atoms with Crippen molar-refractivity contribution in [1.29, 1.82) is 21.0 Å². The maximum atomic E-state index is 13.4. The molecule has 0 unspecified atom stereocenters. The highest BCUT2D eigenvalue weighted by Crippen LogP contribution is 2.39. The molecule has 0 amide bonds. The first-order valence-electron chi connectivity index (χ1n) is 19.6. The SMILES string of the molecule is CCOc1ccc(-c2cc3[nH]c(N(C)C)nc3c(C#N)n2)cc1C(F)(F)F.CN(C)c1nc2c(C#N)nc(Cl)cc2[nH]1.C[N+](C)=C(Cl)Cl.N#Cc1nc(Cl)cc(N)c1N.N#Cc1nc(Cl)cc(N)c1[N+](=O)[O-].[Cl-]. The van der Waals surface area contributed by atoms with Crippen molar-refractivity contribution < 1.29 is 39.8 Å². The van der Waals surface area contributed by atoms with Crippen LogP contribution in [-0.2, 0) is 6.18 Å². The van der Waals surface area contributed by atoms with Crippen molar-refractivity contribution in [3.8, 4) is 41.3 Å². The number of aromatic nitrogens is 8. The van der Waals surface area contributed by atoms with Crippen LogP contribution in [0.1, 0.15) is 35.3 Å². The monoisotopic (exact) mass is 1120 g/mol. The number of nitrogens with one attached hydrogen (secondary N) is 2. The summed E-state index contributed by atoms with van der Waals surface area (Å²) < 4.78 is 47.1. The number of benzene rings is 1. The molecule has 7 rings (SSSR count). The van der Waals surface area contributed by atoms with Gasteiger partial charge in [0.25, 0.3) is 0 Å². The topological polar surface area (TPSA) is 344 Å². The fourth-order valence-corrected chi connectivity index (χ4v) is 5.91. The van der Waals surface area contributed by atoms with E-state index in [-0.39, 0.29) is 95.9 Å². The molecule has 1 aromatic carbocycles. The zero-order valence-electron chi connectivity index (χ0n) is 38.9. The molecule has 0 spiro atoms. The third-order valence-corrected chi connectivity index (χ3v) is 9.86. The van der Waals surface area contributed by atoms with Crippen LogP contribution in [0.2, 0.25) is 15.5 Å². The molecule has 31 heteroatoms. The minimum atomic E-state index is -4.57. The predicted molar refractivity (Wildman–Crippen MR) is 269 cm³/mol. The molecule has 0 aliphatic carbocycles. The van der Waals surface area contributed by atoms with Gasteiger partial charge in [-0.3, -0.25) is 10.1 Å². The molecule has 22 nitrogen and oxygen atoms in total. The minimum Gasteiger partial charge on any atom is -1.00 e. The van der Waals surface area contributed by atoms with Gasteiger partial charge in [0.15, 0.2) is 17.1 Å². The fourth-order valence-electron chi connectivity index (χ4n) is 5.31. The van der Waals surface area contributed by atoms with E-state index in [1.54, 1.807) is 68.9 Å². The van der Waals surface area contributed by atoms with E-state index < -0.39 is 22.4 Å². The molecule has 0 bridgehead atoms. The van der Waals surface area contributed by atoms with Crippen molar-refractivity contribution in [2.45, 2.75) is 13.1 Å². The van der Waals surface area contributed by atoms with Gasteiger partial charge in [0.1, 0.15) is 76.3 Å². The van der Waals surface area contributed by atoms with Crippen molar-refractivity contribution >= 4 is 119 Å². The number of halogens is 9. The van der Waals surface area contributed by atoms with Crippen LogP contribution in [0.5, 0.6) is 5.75 Å². The van der Waals surface area contributed by atoms with Gasteiger partial charge in [0, 0.05) is 75.2 Å². The molecule has 7 aromatic rings. The van der Waals surface area contributed by atoms with E-state index in [0.717, 1.165) is 17.6 Å². The smallest absolute Gasteiger partial charge is 0.419 e. The number of ether oxygens (including phenoxy) is 1. The minimum absolute atomic E-state index is 0. The summed E-state index contributed by atoms with van der Waals surface area (Å²) in [5.74, 6) is 0.945. The molecule has 8 N–H and O–H groups in total. The molecule has 73 heavy (non-hydrogen) atoms. The quantitative estimate of drug-likeness (QED) is 0.0451. The molecule has 0 radical (unpaired) electrons. The summed E-state index contributed by atoms with van der Waals surface area (Å²) in [6, 6.07) is 16.7. The van der Waals surface area contributed by atoms with Crippen LogP contribution in [-0.4, -0.2) is 103 Å². The van der Waals surface area contributed by atoms with Gasteiger partial charge in [-0.2, -0.15) is 34.2 Å². The number of fused-ring (bicyclic) bond motifs is 2. The van der Waals surface area contributed by atoms with Crippen molar-refractivity contribution in [1.82, 2.24) is 39.9 Å². The Kier molecular flexibility index (Phi) is 22.7. The second-order valence-corrected chi connectivity index (χ2v) is 16.4. The molecule has 0 aliphatic rings. The molecular weight excluding hydrogens is 1090 g/mol. The van der Waals surface area contributed by atoms with Crippen molar-refractivity contribution in [2.24, 2.45) is 0 Å². The first-order chi connectivity index (χ1) is 33.7. The number of nitrogen functional groups attached to an aromatic ring is 3. The van der Waals surface area contributed by atoms with Crippen molar-refractivity contribution in [3.05, 3.63) is 96.4 Å². The standard InChI is InChI=1S/C18H16F3N5O.C9H8ClN5.C6H3ClN4O2.C6H5ClN4.C3H6Cl2N.ClH/c1-4-27-15-6-5-10(7-11(15)18(19,20)21)12-8-13-16(14(9-22)23-12)25-17(24-13)26(2)3;1-15(2)9-13-5-3-7(10)12-6(4-11)8(5)14-9;7-5-1-3(9)6(11(12)13)4(2-8)10-5;7-5-1-3(9)6(10)4(2-8)11-5;1-6(2)3(4)5;/h5-8H,4H2,1-3H3,(H,24,25);3H,1-2H3,(H,13,14);1H,(H2,9,10);1H,10H2,(H2,9,11);1-2H3;1H/q;;;;+1;/p-1. The number of alkyl halides is 3. The van der Waals surface area contributed by atoms with Gasteiger partial charge in [-0.25, -0.2) is 34.5 Å². The molecule has 0 saturated heterocycles. The summed E-state index contributed by atoms with van der Waals surface area (Å²) in [7, 11) is 10.8. The molecule has 0 saturated carbocycles. The summed E-state index contributed by atoms with van der Waals surface area (Å²) in [6.45, 7) is 1.73. The normalized spacial score (nSPS) is 10.0. The van der Waals surface area contributed by atoms with Gasteiger partial charge in [0.2, 0.25) is 17.6 Å². The van der Waals surface area contributed by atoms with E-state index >= 15 is 0 Å². The van der Waals surface area contributed by atoms with E-state index in [9.17, 15) is 28.5 Å². The van der Waals surface area contributed by atoms with E-state index in [4.69, 9.17) is 95.7 Å². The summed E-state index contributed by atoms with van der Waals surface area (Å²) in [4.78, 5) is 43.0. The van der Waals surface area contributed by atoms with Crippen molar-refractivity contribution in [3.63, 3.8) is 0 Å². The number of anilines is 5. The molecule has 0 aliphatic heterocycles. The molecule has 0 atom stereocenters. The Hall–Kier alpha value is -7.88. The predicted octanol–water partition coefficient (Wildman–Crippen LogP) is 5.49. The molecular formula is C42H38Cl6F3N19O3. The Bertz CT molecular complexity index is 3320. The van der Waals surface area contributed by atoms with Crippen LogP contribution < -0.4 is 44.1 Å². The molecule has 382 valence electrons. The van der Waals surface area contributed by atoms with Gasteiger partial charge in [-0.15, -0.1) is 0 Å². The highest BCUT2D eigenvalue weighted by atomic mass is 35.5. The Morgan fingerprint density at radius 2 is 1.16 bits per heavy atom. The number of nitrogens with two attached hydrogens (primary N) is 3. The second-order valence-electron chi connectivity index (χ2n) is 14.4. The molecule has 6 heterocycles. The van der Waals surface area contributed by atoms with E-state index in [1.165, 1.54) is 18.2 Å².